The molecule has 3 saturated heterocycles. The van der Waals surface area contributed by atoms with E-state index in [0.717, 1.165) is 51.6 Å². The van der Waals surface area contributed by atoms with Crippen molar-refractivity contribution in [3.05, 3.63) is 35.9 Å². The van der Waals surface area contributed by atoms with Crippen molar-refractivity contribution in [2.45, 2.75) is 43.6 Å². The Morgan fingerprint density at radius 3 is 2.54 bits per heavy atom. The summed E-state index contributed by atoms with van der Waals surface area (Å²) in [6.45, 7) is 7.37. The van der Waals surface area contributed by atoms with Crippen LogP contribution in [0, 0.1) is 0 Å². The molecule has 0 aliphatic carbocycles. The van der Waals surface area contributed by atoms with Crippen LogP contribution >= 0.6 is 24.0 Å². The van der Waals surface area contributed by atoms with Gasteiger partial charge in [0.2, 0.25) is 0 Å². The van der Waals surface area contributed by atoms with Gasteiger partial charge in [0.1, 0.15) is 0 Å². The van der Waals surface area contributed by atoms with Crippen molar-refractivity contribution in [1.29, 1.82) is 0 Å². The number of likely N-dealkylation sites (tertiary alicyclic amines) is 2. The van der Waals surface area contributed by atoms with Crippen molar-refractivity contribution < 1.29 is 4.74 Å². The number of nitrogens with zero attached hydrogens (tertiary/aromatic N) is 3. The van der Waals surface area contributed by atoms with Crippen LogP contribution in [0.2, 0.25) is 0 Å². The quantitative estimate of drug-likeness (QED) is 0.393. The summed E-state index contributed by atoms with van der Waals surface area (Å²) in [4.78, 5) is 9.78. The van der Waals surface area contributed by atoms with Crippen molar-refractivity contribution in [2.24, 2.45) is 4.99 Å². The normalized spacial score (nSPS) is 25.5. The number of guanidine groups is 1. The SMILES string of the molecule is CN=C(NCC1(N2CCCC2)CCOCC1)N1CCC(c2ccccc2)C1.I. The van der Waals surface area contributed by atoms with Crippen LogP contribution in [0.15, 0.2) is 35.3 Å². The van der Waals surface area contributed by atoms with E-state index in [9.17, 15) is 0 Å². The van der Waals surface area contributed by atoms with E-state index in [2.05, 4.69) is 50.4 Å². The van der Waals surface area contributed by atoms with Gasteiger partial charge in [0.05, 0.1) is 0 Å². The molecule has 5 nitrogen and oxygen atoms in total. The molecular formula is C22H35IN4O. The molecule has 28 heavy (non-hydrogen) atoms. The van der Waals surface area contributed by atoms with Crippen molar-refractivity contribution in [1.82, 2.24) is 15.1 Å². The zero-order valence-corrected chi connectivity index (χ0v) is 19.4. The van der Waals surface area contributed by atoms with Gasteiger partial charge in [-0.05, 0) is 50.8 Å². The molecular weight excluding hydrogens is 463 g/mol. The second-order valence-corrected chi connectivity index (χ2v) is 8.27. The first kappa shape index (κ1) is 21.8. The Bertz CT molecular complexity index is 627. The lowest BCUT2D eigenvalue weighted by molar-refractivity contribution is -0.0166. The minimum Gasteiger partial charge on any atom is -0.381 e. The second-order valence-electron chi connectivity index (χ2n) is 8.27. The topological polar surface area (TPSA) is 40.1 Å². The van der Waals surface area contributed by atoms with Gasteiger partial charge in [0, 0.05) is 51.4 Å². The third-order valence-electron chi connectivity index (χ3n) is 6.75. The fourth-order valence-electron chi connectivity index (χ4n) is 5.07. The first-order valence-electron chi connectivity index (χ1n) is 10.6. The van der Waals surface area contributed by atoms with Gasteiger partial charge in [-0.25, -0.2) is 0 Å². The molecule has 1 aromatic carbocycles. The number of rotatable bonds is 4. The first-order valence-corrected chi connectivity index (χ1v) is 10.6. The van der Waals surface area contributed by atoms with Gasteiger partial charge < -0.3 is 15.0 Å². The highest BCUT2D eigenvalue weighted by atomic mass is 127. The molecule has 1 atom stereocenters. The fourth-order valence-corrected chi connectivity index (χ4v) is 5.07. The maximum Gasteiger partial charge on any atom is 0.193 e. The molecule has 0 spiro atoms. The van der Waals surface area contributed by atoms with E-state index in [4.69, 9.17) is 4.74 Å². The van der Waals surface area contributed by atoms with Crippen molar-refractivity contribution in [3.8, 4) is 0 Å². The van der Waals surface area contributed by atoms with Crippen molar-refractivity contribution in [2.75, 3.05) is 53.0 Å². The minimum atomic E-state index is 0. The lowest BCUT2D eigenvalue weighted by Gasteiger charge is -2.45. The number of aliphatic imine (C=N–C) groups is 1. The van der Waals surface area contributed by atoms with Crippen LogP contribution in [0.25, 0.3) is 0 Å². The van der Waals surface area contributed by atoms with Gasteiger partial charge in [-0.3, -0.25) is 9.89 Å². The number of hydrogen-bond acceptors (Lipinski definition) is 3. The summed E-state index contributed by atoms with van der Waals surface area (Å²) >= 11 is 0. The van der Waals surface area contributed by atoms with E-state index in [1.165, 1.54) is 37.9 Å². The molecule has 0 radical (unpaired) electrons. The van der Waals surface area contributed by atoms with Gasteiger partial charge in [-0.2, -0.15) is 0 Å². The average molecular weight is 498 g/mol. The van der Waals surface area contributed by atoms with Gasteiger partial charge in [-0.15, -0.1) is 24.0 Å². The van der Waals surface area contributed by atoms with Crippen LogP contribution in [0.3, 0.4) is 0 Å². The summed E-state index contributed by atoms with van der Waals surface area (Å²) in [5.41, 5.74) is 1.69. The Labute approximate surface area is 186 Å². The van der Waals surface area contributed by atoms with Crippen LogP contribution in [0.5, 0.6) is 0 Å². The lowest BCUT2D eigenvalue weighted by Crippen LogP contribution is -2.58. The number of benzene rings is 1. The molecule has 1 N–H and O–H groups in total. The molecule has 1 aromatic rings. The predicted molar refractivity (Wildman–Crippen MR) is 126 cm³/mol. The van der Waals surface area contributed by atoms with E-state index in [1.807, 2.05) is 7.05 Å². The molecule has 3 aliphatic heterocycles. The molecule has 3 aliphatic rings. The number of halogens is 1. The summed E-state index contributed by atoms with van der Waals surface area (Å²) in [5, 5.41) is 3.75. The van der Waals surface area contributed by atoms with Crippen molar-refractivity contribution >= 4 is 29.9 Å². The third-order valence-corrected chi connectivity index (χ3v) is 6.75. The van der Waals surface area contributed by atoms with Crippen LogP contribution in [-0.2, 0) is 4.74 Å². The number of ether oxygens (including phenoxy) is 1. The summed E-state index contributed by atoms with van der Waals surface area (Å²) in [5.74, 6) is 1.68. The van der Waals surface area contributed by atoms with E-state index in [-0.39, 0.29) is 29.5 Å². The molecule has 1 unspecified atom stereocenters. The average Bonchev–Trinajstić information content (AvgIpc) is 3.43. The fraction of sp³-hybridized carbons (Fsp3) is 0.682. The second kappa shape index (κ2) is 10.3. The van der Waals surface area contributed by atoms with Gasteiger partial charge in [0.15, 0.2) is 5.96 Å². The molecule has 0 aromatic heterocycles. The number of nitrogens with one attached hydrogen (secondary N) is 1. The minimum absolute atomic E-state index is 0. The summed E-state index contributed by atoms with van der Waals surface area (Å²) in [6.07, 6.45) is 6.13. The molecule has 0 bridgehead atoms. The predicted octanol–water partition coefficient (Wildman–Crippen LogP) is 3.31. The van der Waals surface area contributed by atoms with Crippen LogP contribution in [-0.4, -0.2) is 74.3 Å². The van der Waals surface area contributed by atoms with Crippen LogP contribution < -0.4 is 5.32 Å². The lowest BCUT2D eigenvalue weighted by atomic mass is 9.88. The number of hydrogen-bond donors (Lipinski definition) is 1. The highest BCUT2D eigenvalue weighted by molar-refractivity contribution is 14.0. The molecule has 3 heterocycles. The Kier molecular flexibility index (Phi) is 8.00. The standard InChI is InChI=1S/C22H34N4O.HI/c1-23-21(25-14-9-20(17-25)19-7-3-2-4-8-19)24-18-22(10-15-27-16-11-22)26-12-5-6-13-26;/h2-4,7-8,20H,5-6,9-18H2,1H3,(H,23,24);1H. The van der Waals surface area contributed by atoms with Gasteiger partial charge in [0.25, 0.3) is 0 Å². The maximum absolute atomic E-state index is 5.69. The first-order chi connectivity index (χ1) is 13.3. The molecule has 0 saturated carbocycles. The molecule has 4 rings (SSSR count). The Morgan fingerprint density at radius 1 is 1.14 bits per heavy atom. The Balaban J connectivity index is 0.00000225. The van der Waals surface area contributed by atoms with E-state index in [0.29, 0.717) is 5.92 Å². The molecule has 0 amide bonds. The van der Waals surface area contributed by atoms with Gasteiger partial charge in [-0.1, -0.05) is 30.3 Å². The summed E-state index contributed by atoms with van der Waals surface area (Å²) in [7, 11) is 1.92. The van der Waals surface area contributed by atoms with E-state index < -0.39 is 0 Å². The summed E-state index contributed by atoms with van der Waals surface area (Å²) in [6, 6.07) is 10.9. The van der Waals surface area contributed by atoms with E-state index in [1.54, 1.807) is 0 Å². The third kappa shape index (κ3) is 4.82. The Hall–Kier alpha value is -0.860. The molecule has 6 heteroatoms. The summed E-state index contributed by atoms with van der Waals surface area (Å²) < 4.78 is 5.69. The van der Waals surface area contributed by atoms with Crippen molar-refractivity contribution in [3.63, 3.8) is 0 Å². The molecule has 156 valence electrons. The zero-order valence-electron chi connectivity index (χ0n) is 17.1. The smallest absolute Gasteiger partial charge is 0.193 e. The Morgan fingerprint density at radius 2 is 1.86 bits per heavy atom. The van der Waals surface area contributed by atoms with E-state index >= 15 is 0 Å². The highest BCUT2D eigenvalue weighted by Crippen LogP contribution is 2.31. The monoisotopic (exact) mass is 498 g/mol. The maximum atomic E-state index is 5.69. The van der Waals surface area contributed by atoms with Gasteiger partial charge >= 0.3 is 0 Å². The largest absolute Gasteiger partial charge is 0.381 e. The zero-order chi connectivity index (χ0) is 18.5. The van der Waals surface area contributed by atoms with Crippen LogP contribution in [0.1, 0.15) is 43.6 Å². The molecule has 3 fully saturated rings. The van der Waals surface area contributed by atoms with Crippen LogP contribution in [0.4, 0.5) is 0 Å². The highest BCUT2D eigenvalue weighted by Gasteiger charge is 2.40.